The third kappa shape index (κ3) is 4.37. The van der Waals surface area contributed by atoms with Gasteiger partial charge < -0.3 is 23.5 Å². The maximum absolute atomic E-state index is 13.7. The number of carbonyl (C=O) groups excluding carboxylic acids is 1. The molecule has 0 saturated carbocycles. The van der Waals surface area contributed by atoms with Gasteiger partial charge in [0.2, 0.25) is 5.75 Å². The van der Waals surface area contributed by atoms with Crippen LogP contribution in [0.25, 0.3) is 11.0 Å². The van der Waals surface area contributed by atoms with E-state index in [9.17, 15) is 13.2 Å². The van der Waals surface area contributed by atoms with Gasteiger partial charge in [0.05, 0.1) is 32.8 Å². The summed E-state index contributed by atoms with van der Waals surface area (Å²) in [5.41, 5.74) is 2.06. The Morgan fingerprint density at radius 2 is 1.76 bits per heavy atom. The maximum Gasteiger partial charge on any atom is 0.290 e. The van der Waals surface area contributed by atoms with Crippen LogP contribution in [0.5, 0.6) is 17.2 Å². The van der Waals surface area contributed by atoms with Gasteiger partial charge in [-0.3, -0.25) is 4.79 Å². The summed E-state index contributed by atoms with van der Waals surface area (Å²) in [7, 11) is 1.34. The van der Waals surface area contributed by atoms with Crippen molar-refractivity contribution in [3.63, 3.8) is 0 Å². The van der Waals surface area contributed by atoms with Crippen LogP contribution in [0.15, 0.2) is 40.8 Å². The number of carbonyl (C=O) groups is 1. The SMILES string of the molecule is COc1cc(CN(C(=O)c2oc3ccccc3c2C)C2CCS(=O)(=O)C2)cc(OC)c1OC. The fraction of sp³-hybridized carbons (Fsp3) is 0.375. The van der Waals surface area contributed by atoms with Crippen molar-refractivity contribution in [3.8, 4) is 17.2 Å². The van der Waals surface area contributed by atoms with Gasteiger partial charge in [0, 0.05) is 23.5 Å². The van der Waals surface area contributed by atoms with E-state index < -0.39 is 15.9 Å². The number of ether oxygens (including phenoxy) is 3. The van der Waals surface area contributed by atoms with Gasteiger partial charge in [-0.05, 0) is 37.1 Å². The predicted molar refractivity (Wildman–Crippen MR) is 124 cm³/mol. The van der Waals surface area contributed by atoms with Crippen LogP contribution < -0.4 is 14.2 Å². The second-order valence-corrected chi connectivity index (χ2v) is 10.3. The van der Waals surface area contributed by atoms with Gasteiger partial charge in [-0.1, -0.05) is 18.2 Å². The highest BCUT2D eigenvalue weighted by molar-refractivity contribution is 7.91. The van der Waals surface area contributed by atoms with E-state index in [0.29, 0.717) is 29.3 Å². The van der Waals surface area contributed by atoms with Gasteiger partial charge in [0.25, 0.3) is 5.91 Å². The third-order valence-corrected chi connectivity index (χ3v) is 7.78. The highest BCUT2D eigenvalue weighted by atomic mass is 32.2. The number of fused-ring (bicyclic) bond motifs is 1. The zero-order valence-corrected chi connectivity index (χ0v) is 19.9. The van der Waals surface area contributed by atoms with Gasteiger partial charge in [0.15, 0.2) is 27.1 Å². The highest BCUT2D eigenvalue weighted by Crippen LogP contribution is 2.39. The highest BCUT2D eigenvalue weighted by Gasteiger charge is 2.37. The van der Waals surface area contributed by atoms with Crippen LogP contribution in [-0.2, 0) is 16.4 Å². The monoisotopic (exact) mass is 473 g/mol. The normalized spacial score (nSPS) is 17.2. The van der Waals surface area contributed by atoms with Crippen LogP contribution in [0.3, 0.4) is 0 Å². The average molecular weight is 474 g/mol. The fourth-order valence-corrected chi connectivity index (χ4v) is 6.05. The molecule has 0 radical (unpaired) electrons. The third-order valence-electron chi connectivity index (χ3n) is 6.03. The first-order valence-electron chi connectivity index (χ1n) is 10.6. The van der Waals surface area contributed by atoms with Gasteiger partial charge in [-0.2, -0.15) is 0 Å². The van der Waals surface area contributed by atoms with E-state index in [1.54, 1.807) is 17.0 Å². The van der Waals surface area contributed by atoms with Crippen molar-refractivity contribution in [2.24, 2.45) is 0 Å². The zero-order valence-electron chi connectivity index (χ0n) is 19.1. The molecule has 0 spiro atoms. The smallest absolute Gasteiger partial charge is 0.290 e. The number of hydrogen-bond acceptors (Lipinski definition) is 7. The van der Waals surface area contributed by atoms with Crippen LogP contribution >= 0.6 is 0 Å². The molecule has 1 aliphatic rings. The van der Waals surface area contributed by atoms with E-state index in [2.05, 4.69) is 0 Å². The molecular weight excluding hydrogens is 446 g/mol. The van der Waals surface area contributed by atoms with Gasteiger partial charge in [0.1, 0.15) is 5.58 Å². The van der Waals surface area contributed by atoms with Crippen molar-refractivity contribution in [1.82, 2.24) is 4.90 Å². The lowest BCUT2D eigenvalue weighted by Crippen LogP contribution is -2.40. The summed E-state index contributed by atoms with van der Waals surface area (Å²) in [6.45, 7) is 1.99. The molecule has 0 N–H and O–H groups in total. The topological polar surface area (TPSA) is 95.3 Å². The van der Waals surface area contributed by atoms with Gasteiger partial charge in [-0.25, -0.2) is 8.42 Å². The minimum absolute atomic E-state index is 0.0514. The van der Waals surface area contributed by atoms with Crippen molar-refractivity contribution in [2.45, 2.75) is 25.9 Å². The number of rotatable bonds is 7. The molecule has 176 valence electrons. The largest absolute Gasteiger partial charge is 0.493 e. The molecule has 9 heteroatoms. The lowest BCUT2D eigenvalue weighted by atomic mass is 10.1. The summed E-state index contributed by atoms with van der Waals surface area (Å²) < 4.78 is 46.6. The molecular formula is C24H27NO7S. The molecule has 1 atom stereocenters. The Morgan fingerprint density at radius 1 is 1.09 bits per heavy atom. The van der Waals surface area contributed by atoms with Crippen molar-refractivity contribution in [2.75, 3.05) is 32.8 Å². The van der Waals surface area contributed by atoms with Crippen LogP contribution in [0.1, 0.15) is 28.1 Å². The first-order chi connectivity index (χ1) is 15.8. The Morgan fingerprint density at radius 3 is 2.30 bits per heavy atom. The number of aryl methyl sites for hydroxylation is 1. The maximum atomic E-state index is 13.7. The summed E-state index contributed by atoms with van der Waals surface area (Å²) in [4.78, 5) is 15.3. The van der Waals surface area contributed by atoms with Crippen LogP contribution in [0, 0.1) is 6.92 Å². The van der Waals surface area contributed by atoms with Crippen molar-refractivity contribution >= 4 is 26.7 Å². The molecule has 1 fully saturated rings. The number of benzene rings is 2. The summed E-state index contributed by atoms with van der Waals surface area (Å²) in [6.07, 6.45) is 0.373. The lowest BCUT2D eigenvalue weighted by molar-refractivity contribution is 0.0649. The second-order valence-electron chi connectivity index (χ2n) is 8.08. The number of amides is 1. The minimum Gasteiger partial charge on any atom is -0.493 e. The van der Waals surface area contributed by atoms with E-state index >= 15 is 0 Å². The van der Waals surface area contributed by atoms with Gasteiger partial charge in [-0.15, -0.1) is 0 Å². The molecule has 4 rings (SSSR count). The quantitative estimate of drug-likeness (QED) is 0.517. The van der Waals surface area contributed by atoms with E-state index in [4.69, 9.17) is 18.6 Å². The van der Waals surface area contributed by atoms with E-state index in [1.807, 2.05) is 31.2 Å². The summed E-state index contributed by atoms with van der Waals surface area (Å²) in [5, 5.41) is 0.854. The van der Waals surface area contributed by atoms with E-state index in [-0.39, 0.29) is 29.7 Å². The van der Waals surface area contributed by atoms with Crippen LogP contribution in [0.4, 0.5) is 0 Å². The molecule has 3 aromatic rings. The molecule has 0 aliphatic carbocycles. The van der Waals surface area contributed by atoms with E-state index in [0.717, 1.165) is 16.5 Å². The van der Waals surface area contributed by atoms with Crippen molar-refractivity contribution in [1.29, 1.82) is 0 Å². The number of para-hydroxylation sites is 1. The van der Waals surface area contributed by atoms with Crippen molar-refractivity contribution in [3.05, 3.63) is 53.3 Å². The number of nitrogens with zero attached hydrogens (tertiary/aromatic N) is 1. The second kappa shape index (κ2) is 8.97. The Hall–Kier alpha value is -3.20. The molecule has 1 aliphatic heterocycles. The minimum atomic E-state index is -3.21. The van der Waals surface area contributed by atoms with Crippen LogP contribution in [-0.4, -0.2) is 58.1 Å². The fourth-order valence-electron chi connectivity index (χ4n) is 4.32. The summed E-state index contributed by atoms with van der Waals surface area (Å²) >= 11 is 0. The lowest BCUT2D eigenvalue weighted by Gasteiger charge is -2.28. The molecule has 1 amide bonds. The standard InChI is InChI=1S/C24H27NO7S/c1-15-18-7-5-6-8-19(18)32-22(15)24(26)25(17-9-10-33(27,28)14-17)13-16-11-20(29-2)23(31-4)21(12-16)30-3/h5-8,11-12,17H,9-10,13-14H2,1-4H3. The molecule has 1 aromatic heterocycles. The number of methoxy groups -OCH3 is 3. The molecule has 2 heterocycles. The Labute approximate surface area is 192 Å². The number of sulfone groups is 1. The molecule has 8 nitrogen and oxygen atoms in total. The number of hydrogen-bond donors (Lipinski definition) is 0. The predicted octanol–water partition coefficient (Wildman–Crippen LogP) is 3.60. The first-order valence-corrected chi connectivity index (χ1v) is 12.4. The molecule has 1 unspecified atom stereocenters. The Balaban J connectivity index is 1.76. The molecule has 0 bridgehead atoms. The molecule has 1 saturated heterocycles. The summed E-state index contributed by atoms with van der Waals surface area (Å²) in [5.74, 6) is 1.19. The molecule has 2 aromatic carbocycles. The number of furan rings is 1. The van der Waals surface area contributed by atoms with Gasteiger partial charge >= 0.3 is 0 Å². The van der Waals surface area contributed by atoms with Crippen LogP contribution in [0.2, 0.25) is 0 Å². The summed E-state index contributed by atoms with van der Waals surface area (Å²) in [6, 6.07) is 10.5. The van der Waals surface area contributed by atoms with Crippen molar-refractivity contribution < 1.29 is 31.8 Å². The Kier molecular flexibility index (Phi) is 6.25. The Bertz CT molecular complexity index is 1270. The van der Waals surface area contributed by atoms with E-state index in [1.165, 1.54) is 21.3 Å². The zero-order chi connectivity index (χ0) is 23.8. The average Bonchev–Trinajstić information content (AvgIpc) is 3.35. The molecule has 33 heavy (non-hydrogen) atoms. The first kappa shape index (κ1) is 23.0.